The van der Waals surface area contributed by atoms with E-state index in [-0.39, 0.29) is 5.91 Å². The molecule has 3 aromatic carbocycles. The smallest absolute Gasteiger partial charge is 0.219 e. The SMILES string of the molecule is CC(=O)N(C)Cc1nc2ccccc2n1Cc1ccc2ccccc2c1. The summed E-state index contributed by atoms with van der Waals surface area (Å²) < 4.78 is 2.21. The molecule has 4 rings (SSSR count). The summed E-state index contributed by atoms with van der Waals surface area (Å²) in [5.41, 5.74) is 3.27. The monoisotopic (exact) mass is 343 g/mol. The van der Waals surface area contributed by atoms with Gasteiger partial charge in [-0.25, -0.2) is 4.98 Å². The summed E-state index contributed by atoms with van der Waals surface area (Å²) in [5, 5.41) is 2.47. The maximum atomic E-state index is 11.7. The zero-order chi connectivity index (χ0) is 18.1. The lowest BCUT2D eigenvalue weighted by molar-refractivity contribution is -0.128. The van der Waals surface area contributed by atoms with Gasteiger partial charge in [0.1, 0.15) is 5.82 Å². The number of nitrogens with zero attached hydrogens (tertiary/aromatic N) is 3. The normalized spacial score (nSPS) is 11.2. The fraction of sp³-hybridized carbons (Fsp3) is 0.182. The lowest BCUT2D eigenvalue weighted by Gasteiger charge is -2.16. The first-order chi connectivity index (χ1) is 12.6. The van der Waals surface area contributed by atoms with Crippen molar-refractivity contribution in [3.63, 3.8) is 0 Å². The van der Waals surface area contributed by atoms with Gasteiger partial charge in [-0.15, -0.1) is 0 Å². The van der Waals surface area contributed by atoms with Crippen LogP contribution in [-0.4, -0.2) is 27.4 Å². The number of amides is 1. The average molecular weight is 343 g/mol. The minimum absolute atomic E-state index is 0.0364. The molecule has 0 radical (unpaired) electrons. The summed E-state index contributed by atoms with van der Waals surface area (Å²) in [7, 11) is 1.81. The molecule has 0 saturated carbocycles. The molecule has 1 amide bonds. The molecule has 4 nitrogen and oxygen atoms in total. The van der Waals surface area contributed by atoms with Gasteiger partial charge in [-0.05, 0) is 34.5 Å². The maximum Gasteiger partial charge on any atom is 0.219 e. The number of hydrogen-bond acceptors (Lipinski definition) is 2. The van der Waals surface area contributed by atoms with E-state index < -0.39 is 0 Å². The van der Waals surface area contributed by atoms with E-state index in [4.69, 9.17) is 4.98 Å². The molecule has 0 spiro atoms. The van der Waals surface area contributed by atoms with E-state index in [0.717, 1.165) is 23.4 Å². The minimum atomic E-state index is 0.0364. The first-order valence-electron chi connectivity index (χ1n) is 8.75. The molecule has 0 fully saturated rings. The Labute approximate surface area is 152 Å². The second kappa shape index (κ2) is 6.64. The van der Waals surface area contributed by atoms with Crippen molar-refractivity contribution in [1.82, 2.24) is 14.5 Å². The standard InChI is InChI=1S/C22H21N3O/c1-16(26)24(2)15-22-23-20-9-5-6-10-21(20)25(22)14-17-11-12-18-7-3-4-8-19(18)13-17/h3-13H,14-15H2,1-2H3. The van der Waals surface area contributed by atoms with Crippen LogP contribution in [0.3, 0.4) is 0 Å². The molecule has 0 aliphatic carbocycles. The van der Waals surface area contributed by atoms with E-state index in [9.17, 15) is 4.79 Å². The van der Waals surface area contributed by atoms with Crippen LogP contribution in [0.1, 0.15) is 18.3 Å². The molecule has 0 N–H and O–H groups in total. The quantitative estimate of drug-likeness (QED) is 0.556. The van der Waals surface area contributed by atoms with Gasteiger partial charge in [0.15, 0.2) is 0 Å². The maximum absolute atomic E-state index is 11.7. The van der Waals surface area contributed by atoms with Crippen LogP contribution in [0.15, 0.2) is 66.7 Å². The van der Waals surface area contributed by atoms with Gasteiger partial charge >= 0.3 is 0 Å². The Morgan fingerprint density at radius 2 is 1.73 bits per heavy atom. The first kappa shape index (κ1) is 16.3. The van der Waals surface area contributed by atoms with E-state index in [1.165, 1.54) is 16.3 Å². The van der Waals surface area contributed by atoms with E-state index in [1.54, 1.807) is 11.8 Å². The Balaban J connectivity index is 1.76. The summed E-state index contributed by atoms with van der Waals surface area (Å²) in [6.45, 7) is 2.81. The number of carbonyl (C=O) groups excluding carboxylic acids is 1. The summed E-state index contributed by atoms with van der Waals surface area (Å²) in [4.78, 5) is 18.1. The Hall–Kier alpha value is -3.14. The van der Waals surface area contributed by atoms with Crippen LogP contribution in [0.4, 0.5) is 0 Å². The lowest BCUT2D eigenvalue weighted by atomic mass is 10.1. The largest absolute Gasteiger partial charge is 0.339 e. The topological polar surface area (TPSA) is 38.1 Å². The number of imidazole rings is 1. The number of benzene rings is 3. The van der Waals surface area contributed by atoms with Crippen LogP contribution in [0, 0.1) is 0 Å². The molecule has 0 aliphatic rings. The number of aromatic nitrogens is 2. The Kier molecular flexibility index (Phi) is 4.17. The number of hydrogen-bond donors (Lipinski definition) is 0. The van der Waals surface area contributed by atoms with Gasteiger partial charge in [0.2, 0.25) is 5.91 Å². The molecular weight excluding hydrogens is 322 g/mol. The second-order valence-electron chi connectivity index (χ2n) is 6.66. The summed E-state index contributed by atoms with van der Waals surface area (Å²) in [6.07, 6.45) is 0. The molecule has 0 aliphatic heterocycles. The molecule has 0 unspecified atom stereocenters. The van der Waals surface area contributed by atoms with E-state index in [1.807, 2.05) is 25.2 Å². The zero-order valence-corrected chi connectivity index (χ0v) is 15.0. The highest BCUT2D eigenvalue weighted by Crippen LogP contribution is 2.21. The first-order valence-corrected chi connectivity index (χ1v) is 8.75. The fourth-order valence-electron chi connectivity index (χ4n) is 3.27. The molecular formula is C22H21N3O. The van der Waals surface area contributed by atoms with Gasteiger partial charge < -0.3 is 9.47 Å². The van der Waals surface area contributed by atoms with Gasteiger partial charge in [0.05, 0.1) is 17.6 Å². The third kappa shape index (κ3) is 3.06. The van der Waals surface area contributed by atoms with Crippen molar-refractivity contribution in [2.45, 2.75) is 20.0 Å². The molecule has 4 heteroatoms. The van der Waals surface area contributed by atoms with Crippen LogP contribution in [0.5, 0.6) is 0 Å². The Bertz CT molecular complexity index is 1100. The van der Waals surface area contributed by atoms with Crippen LogP contribution in [-0.2, 0) is 17.9 Å². The zero-order valence-electron chi connectivity index (χ0n) is 15.0. The van der Waals surface area contributed by atoms with Crippen LogP contribution < -0.4 is 0 Å². The molecule has 0 saturated heterocycles. The highest BCUT2D eigenvalue weighted by molar-refractivity contribution is 5.83. The molecule has 130 valence electrons. The van der Waals surface area contributed by atoms with Gasteiger partial charge in [-0.1, -0.05) is 48.5 Å². The molecule has 0 atom stereocenters. The molecule has 1 aromatic heterocycles. The number of carbonyl (C=O) groups is 1. The number of rotatable bonds is 4. The predicted octanol–water partition coefficient (Wildman–Crippen LogP) is 4.22. The minimum Gasteiger partial charge on any atom is -0.339 e. The van der Waals surface area contributed by atoms with E-state index in [0.29, 0.717) is 6.54 Å². The van der Waals surface area contributed by atoms with Crippen molar-refractivity contribution in [3.8, 4) is 0 Å². The predicted molar refractivity (Wildman–Crippen MR) is 105 cm³/mol. The van der Waals surface area contributed by atoms with Crippen LogP contribution in [0.25, 0.3) is 21.8 Å². The van der Waals surface area contributed by atoms with Gasteiger partial charge in [0.25, 0.3) is 0 Å². The summed E-state index contributed by atoms with van der Waals surface area (Å²) >= 11 is 0. The van der Waals surface area contributed by atoms with Crippen LogP contribution in [0.2, 0.25) is 0 Å². The highest BCUT2D eigenvalue weighted by Gasteiger charge is 2.14. The molecule has 0 bridgehead atoms. The Morgan fingerprint density at radius 1 is 1.00 bits per heavy atom. The van der Waals surface area contributed by atoms with Crippen molar-refractivity contribution in [1.29, 1.82) is 0 Å². The fourth-order valence-corrected chi connectivity index (χ4v) is 3.27. The molecule has 4 aromatic rings. The summed E-state index contributed by atoms with van der Waals surface area (Å²) in [5.74, 6) is 0.936. The lowest BCUT2D eigenvalue weighted by Crippen LogP contribution is -2.25. The van der Waals surface area contributed by atoms with Gasteiger partial charge in [-0.3, -0.25) is 4.79 Å². The van der Waals surface area contributed by atoms with Crippen molar-refractivity contribution >= 4 is 27.7 Å². The number of fused-ring (bicyclic) bond motifs is 2. The van der Waals surface area contributed by atoms with Gasteiger partial charge in [0, 0.05) is 20.5 Å². The van der Waals surface area contributed by atoms with Crippen molar-refractivity contribution < 1.29 is 4.79 Å². The van der Waals surface area contributed by atoms with Crippen molar-refractivity contribution in [2.24, 2.45) is 0 Å². The average Bonchev–Trinajstić information content (AvgIpc) is 2.99. The van der Waals surface area contributed by atoms with E-state index in [2.05, 4.69) is 53.1 Å². The molecule has 1 heterocycles. The van der Waals surface area contributed by atoms with E-state index >= 15 is 0 Å². The van der Waals surface area contributed by atoms with Crippen molar-refractivity contribution in [2.75, 3.05) is 7.05 Å². The summed E-state index contributed by atoms with van der Waals surface area (Å²) in [6, 6.07) is 23.0. The van der Waals surface area contributed by atoms with Crippen LogP contribution >= 0.6 is 0 Å². The Morgan fingerprint density at radius 3 is 2.54 bits per heavy atom. The number of para-hydroxylation sites is 2. The molecule has 26 heavy (non-hydrogen) atoms. The highest BCUT2D eigenvalue weighted by atomic mass is 16.2. The second-order valence-corrected chi connectivity index (χ2v) is 6.66. The van der Waals surface area contributed by atoms with Gasteiger partial charge in [-0.2, -0.15) is 0 Å². The van der Waals surface area contributed by atoms with Crippen molar-refractivity contribution in [3.05, 3.63) is 78.1 Å². The third-order valence-electron chi connectivity index (χ3n) is 4.80. The third-order valence-corrected chi connectivity index (χ3v) is 4.80.